The molecule has 4 heteroatoms. The number of aryl methyl sites for hydroxylation is 1. The Kier molecular flexibility index (Phi) is 4.74. The van der Waals surface area contributed by atoms with E-state index in [0.717, 1.165) is 19.6 Å². The highest BCUT2D eigenvalue weighted by Gasteiger charge is 2.27. The van der Waals surface area contributed by atoms with E-state index in [1.54, 1.807) is 13.2 Å². The maximum Gasteiger partial charge on any atom is 0.254 e. The molecule has 1 aliphatic heterocycles. The van der Waals surface area contributed by atoms with Crippen molar-refractivity contribution in [1.82, 2.24) is 4.90 Å². The minimum Gasteiger partial charge on any atom is -0.497 e. The third kappa shape index (κ3) is 3.37. The maximum atomic E-state index is 12.8. The number of hydrogen-bond donors (Lipinski definition) is 0. The van der Waals surface area contributed by atoms with Gasteiger partial charge in [-0.25, -0.2) is 0 Å². The molecule has 0 bridgehead atoms. The molecule has 0 saturated carbocycles. The lowest BCUT2D eigenvalue weighted by Crippen LogP contribution is -2.53. The Morgan fingerprint density at radius 1 is 1.12 bits per heavy atom. The standard InChI is InChI=1S/C20H24N2O2/c1-15-6-4-8-18(12-15)22-11-10-21(14-16(22)2)20(23)17-7-5-9-19(13-17)24-3/h4-9,12-13,16H,10-11,14H2,1-3H3/t16-/m0/s1. The van der Waals surface area contributed by atoms with Crippen molar-refractivity contribution in [2.75, 3.05) is 31.6 Å². The van der Waals surface area contributed by atoms with Gasteiger partial charge in [-0.1, -0.05) is 18.2 Å². The number of rotatable bonds is 3. The molecule has 126 valence electrons. The van der Waals surface area contributed by atoms with Crippen molar-refractivity contribution in [1.29, 1.82) is 0 Å². The number of amides is 1. The number of methoxy groups -OCH3 is 1. The van der Waals surface area contributed by atoms with E-state index in [-0.39, 0.29) is 11.9 Å². The minimum absolute atomic E-state index is 0.0737. The summed E-state index contributed by atoms with van der Waals surface area (Å²) in [6, 6.07) is 16.2. The van der Waals surface area contributed by atoms with Crippen molar-refractivity contribution in [3.8, 4) is 5.75 Å². The average Bonchev–Trinajstić information content (AvgIpc) is 2.61. The van der Waals surface area contributed by atoms with Crippen molar-refractivity contribution < 1.29 is 9.53 Å². The first-order valence-corrected chi connectivity index (χ1v) is 8.35. The van der Waals surface area contributed by atoms with Gasteiger partial charge in [0, 0.05) is 36.9 Å². The van der Waals surface area contributed by atoms with Gasteiger partial charge in [0.05, 0.1) is 7.11 Å². The molecule has 2 aromatic rings. The van der Waals surface area contributed by atoms with E-state index in [0.29, 0.717) is 11.3 Å². The van der Waals surface area contributed by atoms with E-state index in [9.17, 15) is 4.79 Å². The molecular weight excluding hydrogens is 300 g/mol. The highest BCUT2D eigenvalue weighted by atomic mass is 16.5. The van der Waals surface area contributed by atoms with Gasteiger partial charge in [0.1, 0.15) is 5.75 Å². The van der Waals surface area contributed by atoms with Gasteiger partial charge in [-0.15, -0.1) is 0 Å². The van der Waals surface area contributed by atoms with Gasteiger partial charge in [0.25, 0.3) is 5.91 Å². The summed E-state index contributed by atoms with van der Waals surface area (Å²) in [6.07, 6.45) is 0. The molecule has 1 amide bonds. The van der Waals surface area contributed by atoms with Crippen LogP contribution in [0.4, 0.5) is 5.69 Å². The van der Waals surface area contributed by atoms with E-state index >= 15 is 0 Å². The molecule has 2 aromatic carbocycles. The van der Waals surface area contributed by atoms with E-state index in [2.05, 4.69) is 43.0 Å². The summed E-state index contributed by atoms with van der Waals surface area (Å²) >= 11 is 0. The molecule has 1 aliphatic rings. The van der Waals surface area contributed by atoms with Gasteiger partial charge in [0.15, 0.2) is 0 Å². The Hall–Kier alpha value is -2.49. The quantitative estimate of drug-likeness (QED) is 0.868. The van der Waals surface area contributed by atoms with Gasteiger partial charge < -0.3 is 14.5 Å². The van der Waals surface area contributed by atoms with Crippen molar-refractivity contribution >= 4 is 11.6 Å². The molecule has 1 saturated heterocycles. The summed E-state index contributed by atoms with van der Waals surface area (Å²) in [5.74, 6) is 0.789. The number of hydrogen-bond acceptors (Lipinski definition) is 3. The first-order chi connectivity index (χ1) is 11.6. The van der Waals surface area contributed by atoms with Crippen LogP contribution >= 0.6 is 0 Å². The largest absolute Gasteiger partial charge is 0.497 e. The summed E-state index contributed by atoms with van der Waals surface area (Å²) in [5.41, 5.74) is 3.18. The molecule has 0 radical (unpaired) electrons. The number of anilines is 1. The Balaban J connectivity index is 1.71. The molecule has 0 N–H and O–H groups in total. The molecule has 1 atom stereocenters. The molecule has 3 rings (SSSR count). The first-order valence-electron chi connectivity index (χ1n) is 8.35. The SMILES string of the molecule is COc1cccc(C(=O)N2CCN(c3cccc(C)c3)[C@@H](C)C2)c1. The monoisotopic (exact) mass is 324 g/mol. The normalized spacial score (nSPS) is 17.7. The lowest BCUT2D eigenvalue weighted by Gasteiger charge is -2.41. The molecule has 4 nitrogen and oxygen atoms in total. The van der Waals surface area contributed by atoms with E-state index < -0.39 is 0 Å². The average molecular weight is 324 g/mol. The fourth-order valence-corrected chi connectivity index (χ4v) is 3.27. The van der Waals surface area contributed by atoms with Crippen molar-refractivity contribution in [3.05, 3.63) is 59.7 Å². The topological polar surface area (TPSA) is 32.8 Å². The Labute approximate surface area is 143 Å². The summed E-state index contributed by atoms with van der Waals surface area (Å²) in [5, 5.41) is 0. The summed E-state index contributed by atoms with van der Waals surface area (Å²) in [6.45, 7) is 6.59. The fourth-order valence-electron chi connectivity index (χ4n) is 3.27. The van der Waals surface area contributed by atoms with Crippen LogP contribution in [0.3, 0.4) is 0 Å². The maximum absolute atomic E-state index is 12.8. The van der Waals surface area contributed by atoms with Gasteiger partial charge in [-0.05, 0) is 49.7 Å². The zero-order valence-electron chi connectivity index (χ0n) is 14.5. The van der Waals surface area contributed by atoms with E-state index in [1.165, 1.54) is 11.3 Å². The zero-order chi connectivity index (χ0) is 17.1. The molecule has 0 spiro atoms. The van der Waals surface area contributed by atoms with Crippen LogP contribution in [0.15, 0.2) is 48.5 Å². The molecular formula is C20H24N2O2. The predicted octanol–water partition coefficient (Wildman–Crippen LogP) is 3.35. The number of carbonyl (C=O) groups excluding carboxylic acids is 1. The first kappa shape index (κ1) is 16.4. The van der Waals surface area contributed by atoms with Gasteiger partial charge in [0.2, 0.25) is 0 Å². The van der Waals surface area contributed by atoms with Crippen molar-refractivity contribution in [3.63, 3.8) is 0 Å². The highest BCUT2D eigenvalue weighted by Crippen LogP contribution is 2.23. The summed E-state index contributed by atoms with van der Waals surface area (Å²) < 4.78 is 5.22. The Bertz CT molecular complexity index is 729. The number of nitrogens with zero attached hydrogens (tertiary/aromatic N) is 2. The van der Waals surface area contributed by atoms with Gasteiger partial charge >= 0.3 is 0 Å². The van der Waals surface area contributed by atoms with E-state index in [4.69, 9.17) is 4.74 Å². The van der Waals surface area contributed by atoms with Gasteiger partial charge in [-0.2, -0.15) is 0 Å². The second-order valence-corrected chi connectivity index (χ2v) is 6.36. The second kappa shape index (κ2) is 6.95. The molecule has 0 aromatic heterocycles. The van der Waals surface area contributed by atoms with Crippen LogP contribution in [-0.2, 0) is 0 Å². The van der Waals surface area contributed by atoms with Crippen LogP contribution in [0, 0.1) is 6.92 Å². The third-order valence-electron chi connectivity index (χ3n) is 4.56. The smallest absolute Gasteiger partial charge is 0.254 e. The van der Waals surface area contributed by atoms with Crippen LogP contribution in [-0.4, -0.2) is 43.6 Å². The zero-order valence-corrected chi connectivity index (χ0v) is 14.5. The Morgan fingerprint density at radius 2 is 1.92 bits per heavy atom. The van der Waals surface area contributed by atoms with Crippen LogP contribution in [0.25, 0.3) is 0 Å². The number of carbonyl (C=O) groups is 1. The van der Waals surface area contributed by atoms with Crippen molar-refractivity contribution in [2.45, 2.75) is 19.9 Å². The molecule has 24 heavy (non-hydrogen) atoms. The number of piperazine rings is 1. The van der Waals surface area contributed by atoms with E-state index in [1.807, 2.05) is 23.1 Å². The van der Waals surface area contributed by atoms with Crippen molar-refractivity contribution in [2.24, 2.45) is 0 Å². The predicted molar refractivity (Wildman–Crippen MR) is 96.9 cm³/mol. The lowest BCUT2D eigenvalue weighted by atomic mass is 10.1. The van der Waals surface area contributed by atoms with Gasteiger partial charge in [-0.3, -0.25) is 4.79 Å². The second-order valence-electron chi connectivity index (χ2n) is 6.36. The van der Waals surface area contributed by atoms with Crippen LogP contribution in [0.5, 0.6) is 5.75 Å². The molecule has 1 fully saturated rings. The number of ether oxygens (including phenoxy) is 1. The molecule has 1 heterocycles. The van der Waals surface area contributed by atoms with Crippen LogP contribution in [0.1, 0.15) is 22.8 Å². The summed E-state index contributed by atoms with van der Waals surface area (Å²) in [7, 11) is 1.62. The van der Waals surface area contributed by atoms with Crippen LogP contribution in [0.2, 0.25) is 0 Å². The summed E-state index contributed by atoms with van der Waals surface area (Å²) in [4.78, 5) is 17.1. The number of benzene rings is 2. The third-order valence-corrected chi connectivity index (χ3v) is 4.56. The Morgan fingerprint density at radius 3 is 2.62 bits per heavy atom. The molecule has 0 unspecified atom stereocenters. The molecule has 0 aliphatic carbocycles. The fraction of sp³-hybridized carbons (Fsp3) is 0.350. The highest BCUT2D eigenvalue weighted by molar-refractivity contribution is 5.94. The lowest BCUT2D eigenvalue weighted by molar-refractivity contribution is 0.0726. The minimum atomic E-state index is 0.0737. The van der Waals surface area contributed by atoms with Crippen LogP contribution < -0.4 is 9.64 Å².